The summed E-state index contributed by atoms with van der Waals surface area (Å²) in [6, 6.07) is 3.92. The quantitative estimate of drug-likeness (QED) is 0.879. The van der Waals surface area contributed by atoms with E-state index in [1.165, 1.54) is 0 Å². The summed E-state index contributed by atoms with van der Waals surface area (Å²) in [6.07, 6.45) is 6.52. The van der Waals surface area contributed by atoms with Gasteiger partial charge in [0.25, 0.3) is 0 Å². The van der Waals surface area contributed by atoms with E-state index in [2.05, 4.69) is 17.2 Å². The predicted molar refractivity (Wildman–Crippen MR) is 75.5 cm³/mol. The topological polar surface area (TPSA) is 45.2 Å². The Labute approximate surface area is 115 Å². The van der Waals surface area contributed by atoms with Crippen LogP contribution in [0.4, 0.5) is 0 Å². The van der Waals surface area contributed by atoms with Gasteiger partial charge in [-0.05, 0) is 37.1 Å². The largest absolute Gasteiger partial charge is 0.341 e. The number of amides is 1. The molecular weight excluding hydrogens is 238 g/mol. The number of pyridine rings is 1. The van der Waals surface area contributed by atoms with Gasteiger partial charge in [-0.1, -0.05) is 13.3 Å². The molecule has 1 fully saturated rings. The highest BCUT2D eigenvalue weighted by molar-refractivity contribution is 5.83. The maximum atomic E-state index is 12.7. The predicted octanol–water partition coefficient (Wildman–Crippen LogP) is 1.82. The van der Waals surface area contributed by atoms with E-state index in [-0.39, 0.29) is 11.3 Å². The van der Waals surface area contributed by atoms with Crippen LogP contribution < -0.4 is 5.32 Å². The van der Waals surface area contributed by atoms with Crippen LogP contribution in [-0.2, 0) is 11.3 Å². The van der Waals surface area contributed by atoms with Crippen molar-refractivity contribution in [1.29, 1.82) is 0 Å². The summed E-state index contributed by atoms with van der Waals surface area (Å²) in [5.41, 5.74) is 0.944. The summed E-state index contributed by atoms with van der Waals surface area (Å²) in [5, 5.41) is 3.34. The molecule has 1 aromatic rings. The third kappa shape index (κ3) is 3.13. The van der Waals surface area contributed by atoms with Crippen LogP contribution in [-0.4, -0.2) is 35.9 Å². The number of nitrogens with one attached hydrogen (secondary N) is 1. The van der Waals surface area contributed by atoms with Gasteiger partial charge in [0.15, 0.2) is 0 Å². The Morgan fingerprint density at radius 3 is 2.79 bits per heavy atom. The minimum Gasteiger partial charge on any atom is -0.341 e. The number of nitrogens with zero attached hydrogens (tertiary/aromatic N) is 2. The fourth-order valence-electron chi connectivity index (χ4n) is 2.96. The summed E-state index contributed by atoms with van der Waals surface area (Å²) in [4.78, 5) is 18.6. The molecule has 0 radical (unpaired) electrons. The van der Waals surface area contributed by atoms with Gasteiger partial charge in [-0.25, -0.2) is 0 Å². The Balaban J connectivity index is 2.05. The van der Waals surface area contributed by atoms with Gasteiger partial charge in [-0.3, -0.25) is 9.78 Å². The van der Waals surface area contributed by atoms with Gasteiger partial charge in [0, 0.05) is 32.5 Å². The molecule has 0 aromatic carbocycles. The van der Waals surface area contributed by atoms with Crippen molar-refractivity contribution in [3.05, 3.63) is 30.1 Å². The van der Waals surface area contributed by atoms with Crippen LogP contribution in [0.3, 0.4) is 0 Å². The van der Waals surface area contributed by atoms with E-state index in [0.29, 0.717) is 6.54 Å². The fraction of sp³-hybridized carbons (Fsp3) is 0.600. The molecule has 0 aliphatic carbocycles. The molecule has 1 atom stereocenters. The van der Waals surface area contributed by atoms with Crippen LogP contribution in [0.2, 0.25) is 0 Å². The van der Waals surface area contributed by atoms with Crippen molar-refractivity contribution in [3.8, 4) is 0 Å². The summed E-state index contributed by atoms with van der Waals surface area (Å²) in [5.74, 6) is 0.274. The van der Waals surface area contributed by atoms with Crippen LogP contribution in [0, 0.1) is 5.41 Å². The van der Waals surface area contributed by atoms with E-state index in [1.807, 2.05) is 24.1 Å². The Hall–Kier alpha value is -1.42. The molecule has 1 aliphatic rings. The molecule has 1 aromatic heterocycles. The molecule has 1 amide bonds. The number of hydrogen-bond acceptors (Lipinski definition) is 3. The summed E-state index contributed by atoms with van der Waals surface area (Å²) in [7, 11) is 1.90. The number of rotatable bonds is 5. The fourth-order valence-corrected chi connectivity index (χ4v) is 2.96. The molecule has 2 heterocycles. The molecule has 1 N–H and O–H groups in total. The summed E-state index contributed by atoms with van der Waals surface area (Å²) in [6.45, 7) is 4.58. The van der Waals surface area contributed by atoms with Gasteiger partial charge >= 0.3 is 0 Å². The Morgan fingerprint density at radius 1 is 1.47 bits per heavy atom. The van der Waals surface area contributed by atoms with Crippen molar-refractivity contribution in [2.45, 2.75) is 32.7 Å². The molecule has 4 nitrogen and oxygen atoms in total. The highest BCUT2D eigenvalue weighted by atomic mass is 16.2. The minimum atomic E-state index is -0.184. The molecule has 0 spiro atoms. The van der Waals surface area contributed by atoms with E-state index in [9.17, 15) is 4.79 Å². The number of carbonyl (C=O) groups excluding carboxylic acids is 1. The standard InChI is InChI=1S/C15H23N3O/c1-3-6-15(7-10-17-12-15)14(19)18(2)11-13-4-8-16-9-5-13/h4-5,8-9,17H,3,6-7,10-12H2,1-2H3. The monoisotopic (exact) mass is 261 g/mol. The van der Waals surface area contributed by atoms with Crippen LogP contribution in [0.15, 0.2) is 24.5 Å². The first-order valence-corrected chi connectivity index (χ1v) is 7.03. The molecule has 4 heteroatoms. The van der Waals surface area contributed by atoms with Crippen LogP contribution >= 0.6 is 0 Å². The van der Waals surface area contributed by atoms with Crippen molar-refractivity contribution >= 4 is 5.91 Å². The molecule has 1 unspecified atom stereocenters. The van der Waals surface area contributed by atoms with E-state index >= 15 is 0 Å². The molecule has 1 saturated heterocycles. The summed E-state index contributed by atoms with van der Waals surface area (Å²) < 4.78 is 0. The Morgan fingerprint density at radius 2 is 2.21 bits per heavy atom. The van der Waals surface area contributed by atoms with Gasteiger partial charge in [0.2, 0.25) is 5.91 Å². The maximum Gasteiger partial charge on any atom is 0.230 e. The molecule has 19 heavy (non-hydrogen) atoms. The third-order valence-electron chi connectivity index (χ3n) is 3.94. The van der Waals surface area contributed by atoms with E-state index < -0.39 is 0 Å². The molecule has 0 saturated carbocycles. The zero-order valence-corrected chi connectivity index (χ0v) is 11.9. The van der Waals surface area contributed by atoms with Gasteiger partial charge in [-0.2, -0.15) is 0 Å². The lowest BCUT2D eigenvalue weighted by Crippen LogP contribution is -2.43. The lowest BCUT2D eigenvalue weighted by Gasteiger charge is -2.31. The normalized spacial score (nSPS) is 22.4. The van der Waals surface area contributed by atoms with Crippen LogP contribution in [0.25, 0.3) is 0 Å². The molecular formula is C15H23N3O. The van der Waals surface area contributed by atoms with Crippen molar-refractivity contribution in [2.75, 3.05) is 20.1 Å². The summed E-state index contributed by atoms with van der Waals surface area (Å²) >= 11 is 0. The van der Waals surface area contributed by atoms with E-state index in [1.54, 1.807) is 12.4 Å². The van der Waals surface area contributed by atoms with Gasteiger partial charge in [0.05, 0.1) is 5.41 Å². The second-order valence-electron chi connectivity index (χ2n) is 5.47. The third-order valence-corrected chi connectivity index (χ3v) is 3.94. The van der Waals surface area contributed by atoms with E-state index in [4.69, 9.17) is 0 Å². The lowest BCUT2D eigenvalue weighted by atomic mass is 9.81. The van der Waals surface area contributed by atoms with Gasteiger partial charge in [-0.15, -0.1) is 0 Å². The zero-order valence-electron chi connectivity index (χ0n) is 11.9. The lowest BCUT2D eigenvalue weighted by molar-refractivity contribution is -0.140. The van der Waals surface area contributed by atoms with Gasteiger partial charge in [0.1, 0.15) is 0 Å². The average molecular weight is 261 g/mol. The highest BCUT2D eigenvalue weighted by Gasteiger charge is 2.41. The van der Waals surface area contributed by atoms with E-state index in [0.717, 1.165) is 37.9 Å². The average Bonchev–Trinajstić information content (AvgIpc) is 2.89. The first-order chi connectivity index (χ1) is 9.18. The Kier molecular flexibility index (Phi) is 4.53. The van der Waals surface area contributed by atoms with Crippen molar-refractivity contribution in [2.24, 2.45) is 5.41 Å². The molecule has 2 rings (SSSR count). The Bertz CT molecular complexity index is 413. The molecule has 104 valence electrons. The molecule has 0 bridgehead atoms. The van der Waals surface area contributed by atoms with Crippen molar-refractivity contribution < 1.29 is 4.79 Å². The second kappa shape index (κ2) is 6.15. The van der Waals surface area contributed by atoms with Gasteiger partial charge < -0.3 is 10.2 Å². The number of carbonyl (C=O) groups is 1. The highest BCUT2D eigenvalue weighted by Crippen LogP contribution is 2.33. The second-order valence-corrected chi connectivity index (χ2v) is 5.47. The van der Waals surface area contributed by atoms with Crippen molar-refractivity contribution in [1.82, 2.24) is 15.2 Å². The smallest absolute Gasteiger partial charge is 0.230 e. The SMILES string of the molecule is CCCC1(C(=O)N(C)Cc2ccncc2)CCNC1. The maximum absolute atomic E-state index is 12.7. The zero-order chi connectivity index (χ0) is 13.7. The minimum absolute atomic E-state index is 0.184. The first-order valence-electron chi connectivity index (χ1n) is 7.03. The number of hydrogen-bond donors (Lipinski definition) is 1. The van der Waals surface area contributed by atoms with Crippen LogP contribution in [0.5, 0.6) is 0 Å². The van der Waals surface area contributed by atoms with Crippen molar-refractivity contribution in [3.63, 3.8) is 0 Å². The first kappa shape index (κ1) is 14.0. The molecule has 1 aliphatic heterocycles. The number of aromatic nitrogens is 1. The van der Waals surface area contributed by atoms with Crippen LogP contribution in [0.1, 0.15) is 31.7 Å².